The predicted molar refractivity (Wildman–Crippen MR) is 79.9 cm³/mol. The summed E-state index contributed by atoms with van der Waals surface area (Å²) in [6.07, 6.45) is 2.50. The highest BCUT2D eigenvalue weighted by molar-refractivity contribution is 5.77. The number of aryl methyl sites for hydroxylation is 1. The Morgan fingerprint density at radius 3 is 2.80 bits per heavy atom. The Kier molecular flexibility index (Phi) is 6.52. The monoisotopic (exact) mass is 279 g/mol. The molecule has 0 aromatic heterocycles. The van der Waals surface area contributed by atoms with Crippen molar-refractivity contribution < 1.29 is 14.6 Å². The Morgan fingerprint density at radius 2 is 2.20 bits per heavy atom. The number of carbonyl (C=O) groups is 1. The number of benzene rings is 1. The number of rotatable bonds is 8. The van der Waals surface area contributed by atoms with Gasteiger partial charge in [-0.1, -0.05) is 19.1 Å². The second-order valence-electron chi connectivity index (χ2n) is 5.29. The molecule has 0 heterocycles. The van der Waals surface area contributed by atoms with Crippen LogP contribution in [0.3, 0.4) is 0 Å². The number of ether oxygens (including phenoxy) is 1. The van der Waals surface area contributed by atoms with Crippen LogP contribution in [-0.2, 0) is 11.2 Å². The Labute approximate surface area is 121 Å². The van der Waals surface area contributed by atoms with Crippen molar-refractivity contribution in [3.8, 4) is 5.75 Å². The van der Waals surface area contributed by atoms with Crippen LogP contribution < -0.4 is 10.1 Å². The molecule has 0 fully saturated rings. The lowest BCUT2D eigenvalue weighted by Gasteiger charge is -2.29. The normalized spacial score (nSPS) is 13.6. The van der Waals surface area contributed by atoms with Gasteiger partial charge in [0.2, 0.25) is 5.91 Å². The van der Waals surface area contributed by atoms with E-state index in [1.807, 2.05) is 38.1 Å². The maximum absolute atomic E-state index is 12.0. The van der Waals surface area contributed by atoms with Gasteiger partial charge in [-0.3, -0.25) is 4.79 Å². The zero-order valence-corrected chi connectivity index (χ0v) is 12.6. The van der Waals surface area contributed by atoms with Crippen LogP contribution in [0.1, 0.15) is 38.7 Å². The van der Waals surface area contributed by atoms with Gasteiger partial charge in [0.25, 0.3) is 0 Å². The minimum absolute atomic E-state index is 0.0191. The standard InChI is InChI=1S/C16H25NO3/c1-4-16(2,10-11-18)17-15(19)9-8-13-6-5-7-14(12-13)20-3/h5-7,12,18H,4,8-11H2,1-3H3,(H,17,19). The molecule has 1 amide bonds. The molecule has 1 aromatic rings. The molecule has 112 valence electrons. The Hall–Kier alpha value is -1.55. The summed E-state index contributed by atoms with van der Waals surface area (Å²) in [5.41, 5.74) is 0.764. The molecule has 0 saturated carbocycles. The van der Waals surface area contributed by atoms with E-state index in [2.05, 4.69) is 5.32 Å². The number of aliphatic hydroxyl groups is 1. The second kappa shape index (κ2) is 7.90. The molecule has 0 saturated heterocycles. The first-order chi connectivity index (χ1) is 9.53. The SMILES string of the molecule is CCC(C)(CCO)NC(=O)CCc1cccc(OC)c1. The van der Waals surface area contributed by atoms with Gasteiger partial charge in [-0.2, -0.15) is 0 Å². The summed E-state index contributed by atoms with van der Waals surface area (Å²) in [7, 11) is 1.63. The van der Waals surface area contributed by atoms with Crippen molar-refractivity contribution in [1.29, 1.82) is 0 Å². The topological polar surface area (TPSA) is 58.6 Å². The zero-order valence-electron chi connectivity index (χ0n) is 12.6. The van der Waals surface area contributed by atoms with Crippen LogP contribution in [0.25, 0.3) is 0 Å². The first kappa shape index (κ1) is 16.5. The van der Waals surface area contributed by atoms with Gasteiger partial charge in [0.1, 0.15) is 5.75 Å². The van der Waals surface area contributed by atoms with Gasteiger partial charge in [0.15, 0.2) is 0 Å². The average Bonchev–Trinajstić information content (AvgIpc) is 2.45. The summed E-state index contributed by atoms with van der Waals surface area (Å²) in [6.45, 7) is 4.06. The van der Waals surface area contributed by atoms with Gasteiger partial charge in [-0.25, -0.2) is 0 Å². The average molecular weight is 279 g/mol. The summed E-state index contributed by atoms with van der Waals surface area (Å²) in [4.78, 5) is 12.0. The molecule has 0 bridgehead atoms. The lowest BCUT2D eigenvalue weighted by Crippen LogP contribution is -2.46. The van der Waals surface area contributed by atoms with Crippen LogP contribution in [0.4, 0.5) is 0 Å². The van der Waals surface area contributed by atoms with E-state index in [4.69, 9.17) is 9.84 Å². The van der Waals surface area contributed by atoms with Gasteiger partial charge in [-0.15, -0.1) is 0 Å². The third-order valence-corrected chi connectivity index (χ3v) is 3.66. The number of nitrogens with one attached hydrogen (secondary N) is 1. The molecule has 1 aromatic carbocycles. The first-order valence-corrected chi connectivity index (χ1v) is 7.08. The molecular weight excluding hydrogens is 254 g/mol. The van der Waals surface area contributed by atoms with Gasteiger partial charge in [-0.05, 0) is 43.9 Å². The summed E-state index contributed by atoms with van der Waals surface area (Å²) < 4.78 is 5.16. The molecule has 2 N–H and O–H groups in total. The summed E-state index contributed by atoms with van der Waals surface area (Å²) in [6, 6.07) is 7.75. The van der Waals surface area contributed by atoms with Crippen molar-refractivity contribution in [3.05, 3.63) is 29.8 Å². The molecule has 1 unspecified atom stereocenters. The molecule has 0 aliphatic carbocycles. The third kappa shape index (κ3) is 5.21. The van der Waals surface area contributed by atoms with Crippen molar-refractivity contribution in [3.63, 3.8) is 0 Å². The lowest BCUT2D eigenvalue weighted by atomic mass is 9.94. The van der Waals surface area contributed by atoms with E-state index in [-0.39, 0.29) is 18.1 Å². The van der Waals surface area contributed by atoms with Crippen molar-refractivity contribution in [2.45, 2.75) is 45.1 Å². The van der Waals surface area contributed by atoms with Gasteiger partial charge in [0.05, 0.1) is 7.11 Å². The molecule has 1 atom stereocenters. The van der Waals surface area contributed by atoms with Crippen molar-refractivity contribution >= 4 is 5.91 Å². The molecule has 4 heteroatoms. The molecule has 0 aliphatic rings. The molecule has 4 nitrogen and oxygen atoms in total. The van der Waals surface area contributed by atoms with Crippen LogP contribution in [0.15, 0.2) is 24.3 Å². The van der Waals surface area contributed by atoms with E-state index >= 15 is 0 Å². The van der Waals surface area contributed by atoms with Crippen LogP contribution in [0.5, 0.6) is 5.75 Å². The molecule has 1 rings (SSSR count). The zero-order chi connectivity index (χ0) is 15.0. The highest BCUT2D eigenvalue weighted by Gasteiger charge is 2.23. The van der Waals surface area contributed by atoms with E-state index in [1.165, 1.54) is 0 Å². The number of amides is 1. The number of hydrogen-bond acceptors (Lipinski definition) is 3. The quantitative estimate of drug-likeness (QED) is 0.767. The van der Waals surface area contributed by atoms with Crippen LogP contribution in [0, 0.1) is 0 Å². The minimum atomic E-state index is -0.319. The lowest BCUT2D eigenvalue weighted by molar-refractivity contribution is -0.123. The number of aliphatic hydroxyl groups excluding tert-OH is 1. The van der Waals surface area contributed by atoms with Crippen molar-refractivity contribution in [2.24, 2.45) is 0 Å². The van der Waals surface area contributed by atoms with Crippen LogP contribution in [0.2, 0.25) is 0 Å². The summed E-state index contributed by atoms with van der Waals surface area (Å²) >= 11 is 0. The van der Waals surface area contributed by atoms with Crippen molar-refractivity contribution in [1.82, 2.24) is 5.32 Å². The predicted octanol–water partition coefficient (Wildman–Crippen LogP) is 2.30. The van der Waals surface area contributed by atoms with Gasteiger partial charge >= 0.3 is 0 Å². The first-order valence-electron chi connectivity index (χ1n) is 7.08. The van der Waals surface area contributed by atoms with E-state index < -0.39 is 0 Å². The fraction of sp³-hybridized carbons (Fsp3) is 0.562. The van der Waals surface area contributed by atoms with E-state index in [0.717, 1.165) is 17.7 Å². The van der Waals surface area contributed by atoms with Crippen molar-refractivity contribution in [2.75, 3.05) is 13.7 Å². The number of carbonyl (C=O) groups excluding carboxylic acids is 1. The van der Waals surface area contributed by atoms with E-state index in [0.29, 0.717) is 19.3 Å². The minimum Gasteiger partial charge on any atom is -0.497 e. The Bertz CT molecular complexity index is 433. The third-order valence-electron chi connectivity index (χ3n) is 3.66. The van der Waals surface area contributed by atoms with Gasteiger partial charge in [0, 0.05) is 18.6 Å². The Balaban J connectivity index is 2.50. The summed E-state index contributed by atoms with van der Waals surface area (Å²) in [5, 5.41) is 12.1. The molecule has 20 heavy (non-hydrogen) atoms. The number of methoxy groups -OCH3 is 1. The van der Waals surface area contributed by atoms with Crippen LogP contribution >= 0.6 is 0 Å². The van der Waals surface area contributed by atoms with Gasteiger partial charge < -0.3 is 15.2 Å². The molecular formula is C16H25NO3. The van der Waals surface area contributed by atoms with E-state index in [1.54, 1.807) is 7.11 Å². The summed E-state index contributed by atoms with van der Waals surface area (Å²) in [5.74, 6) is 0.826. The van der Waals surface area contributed by atoms with Crippen LogP contribution in [-0.4, -0.2) is 30.3 Å². The molecule has 0 aliphatic heterocycles. The smallest absolute Gasteiger partial charge is 0.220 e. The maximum atomic E-state index is 12.0. The number of hydrogen-bond donors (Lipinski definition) is 2. The Morgan fingerprint density at radius 1 is 1.45 bits per heavy atom. The largest absolute Gasteiger partial charge is 0.497 e. The highest BCUT2D eigenvalue weighted by atomic mass is 16.5. The maximum Gasteiger partial charge on any atom is 0.220 e. The second-order valence-corrected chi connectivity index (χ2v) is 5.29. The van der Waals surface area contributed by atoms with E-state index in [9.17, 15) is 4.79 Å². The molecule has 0 radical (unpaired) electrons. The molecule has 0 spiro atoms. The fourth-order valence-electron chi connectivity index (χ4n) is 2.06. The fourth-order valence-corrected chi connectivity index (χ4v) is 2.06. The highest BCUT2D eigenvalue weighted by Crippen LogP contribution is 2.16.